The van der Waals surface area contributed by atoms with Crippen LogP contribution < -0.4 is 10.1 Å². The number of para-hydroxylation sites is 1. The molecule has 0 saturated carbocycles. The first-order valence-corrected chi connectivity index (χ1v) is 9.82. The smallest absolute Gasteiger partial charge is 0.124 e. The van der Waals surface area contributed by atoms with Crippen molar-refractivity contribution in [2.24, 2.45) is 0 Å². The van der Waals surface area contributed by atoms with Crippen molar-refractivity contribution < 1.29 is 4.74 Å². The van der Waals surface area contributed by atoms with Crippen LogP contribution in [-0.2, 0) is 0 Å². The molecule has 4 atom stereocenters. The molecular formula is C17H27NOS2. The van der Waals surface area contributed by atoms with Crippen LogP contribution in [0.2, 0.25) is 0 Å². The zero-order valence-electron chi connectivity index (χ0n) is 13.5. The fraction of sp³-hybridized carbons (Fsp3) is 0.647. The molecule has 1 fully saturated rings. The average molecular weight is 326 g/mol. The van der Waals surface area contributed by atoms with Crippen LogP contribution in [0.1, 0.15) is 38.8 Å². The summed E-state index contributed by atoms with van der Waals surface area (Å²) < 4.78 is 5.95. The average Bonchev–Trinajstić information content (AvgIpc) is 2.50. The Morgan fingerprint density at radius 2 is 2.05 bits per heavy atom. The zero-order chi connectivity index (χ0) is 15.2. The molecule has 21 heavy (non-hydrogen) atoms. The van der Waals surface area contributed by atoms with Crippen molar-refractivity contribution in [2.45, 2.75) is 49.0 Å². The SMILES string of the molecule is CCCOc1ccccc1C(NC)C1CSC(C)C(C)S1. The molecule has 0 aromatic heterocycles. The van der Waals surface area contributed by atoms with E-state index >= 15 is 0 Å². The van der Waals surface area contributed by atoms with Crippen molar-refractivity contribution in [1.82, 2.24) is 5.32 Å². The zero-order valence-corrected chi connectivity index (χ0v) is 15.1. The molecule has 0 spiro atoms. The normalized spacial score (nSPS) is 27.3. The molecule has 0 bridgehead atoms. The van der Waals surface area contributed by atoms with E-state index in [2.05, 4.69) is 80.9 Å². The van der Waals surface area contributed by atoms with Gasteiger partial charge in [0.25, 0.3) is 0 Å². The third kappa shape index (κ3) is 4.33. The van der Waals surface area contributed by atoms with Crippen molar-refractivity contribution in [1.29, 1.82) is 0 Å². The van der Waals surface area contributed by atoms with Gasteiger partial charge in [0, 0.05) is 33.1 Å². The highest BCUT2D eigenvalue weighted by Gasteiger charge is 2.32. The molecule has 0 amide bonds. The lowest BCUT2D eigenvalue weighted by Gasteiger charge is -2.36. The second kappa shape index (κ2) is 8.35. The van der Waals surface area contributed by atoms with Gasteiger partial charge in [0.05, 0.1) is 6.61 Å². The lowest BCUT2D eigenvalue weighted by molar-refractivity contribution is 0.310. The van der Waals surface area contributed by atoms with Gasteiger partial charge in [0.2, 0.25) is 0 Å². The Hall–Kier alpha value is -0.320. The third-order valence-corrected chi connectivity index (χ3v) is 7.47. The summed E-state index contributed by atoms with van der Waals surface area (Å²) in [5.74, 6) is 2.24. The molecule has 1 heterocycles. The topological polar surface area (TPSA) is 21.3 Å². The van der Waals surface area contributed by atoms with Gasteiger partial charge in [-0.15, -0.1) is 0 Å². The predicted molar refractivity (Wildman–Crippen MR) is 96.8 cm³/mol. The quantitative estimate of drug-likeness (QED) is 0.838. The monoisotopic (exact) mass is 325 g/mol. The van der Waals surface area contributed by atoms with E-state index < -0.39 is 0 Å². The van der Waals surface area contributed by atoms with E-state index in [0.717, 1.165) is 24.0 Å². The summed E-state index contributed by atoms with van der Waals surface area (Å²) in [6, 6.07) is 8.84. The third-order valence-electron chi connectivity index (χ3n) is 3.97. The Kier molecular flexibility index (Phi) is 6.77. The molecule has 1 aromatic carbocycles. The number of rotatable bonds is 6. The highest BCUT2D eigenvalue weighted by atomic mass is 32.2. The minimum absolute atomic E-state index is 0.352. The molecule has 0 radical (unpaired) electrons. The Labute approximate surface area is 137 Å². The van der Waals surface area contributed by atoms with Crippen LogP contribution in [-0.4, -0.2) is 35.2 Å². The summed E-state index contributed by atoms with van der Waals surface area (Å²) in [7, 11) is 2.06. The molecule has 1 saturated heterocycles. The van der Waals surface area contributed by atoms with E-state index in [1.165, 1.54) is 11.3 Å². The van der Waals surface area contributed by atoms with Crippen LogP contribution in [0.3, 0.4) is 0 Å². The molecule has 1 aliphatic rings. The van der Waals surface area contributed by atoms with Crippen molar-refractivity contribution >= 4 is 23.5 Å². The Balaban J connectivity index is 2.17. The largest absolute Gasteiger partial charge is 0.493 e. The number of nitrogens with one attached hydrogen (secondary N) is 1. The second-order valence-electron chi connectivity index (χ2n) is 5.57. The number of ether oxygens (including phenoxy) is 1. The van der Waals surface area contributed by atoms with Crippen molar-refractivity contribution in [3.63, 3.8) is 0 Å². The summed E-state index contributed by atoms with van der Waals surface area (Å²) in [5, 5.41) is 5.57. The van der Waals surface area contributed by atoms with E-state index in [9.17, 15) is 0 Å². The van der Waals surface area contributed by atoms with Crippen LogP contribution in [0.25, 0.3) is 0 Å². The van der Waals surface area contributed by atoms with Gasteiger partial charge in [-0.1, -0.05) is 39.0 Å². The maximum Gasteiger partial charge on any atom is 0.124 e. The first kappa shape index (κ1) is 17.0. The number of hydrogen-bond acceptors (Lipinski definition) is 4. The van der Waals surface area contributed by atoms with Crippen LogP contribution in [0.15, 0.2) is 24.3 Å². The lowest BCUT2D eigenvalue weighted by Crippen LogP contribution is -2.36. The van der Waals surface area contributed by atoms with Crippen molar-refractivity contribution in [3.05, 3.63) is 29.8 Å². The number of hydrogen-bond donors (Lipinski definition) is 1. The molecule has 118 valence electrons. The van der Waals surface area contributed by atoms with E-state index in [4.69, 9.17) is 4.74 Å². The summed E-state index contributed by atoms with van der Waals surface area (Å²) in [5.41, 5.74) is 1.30. The molecule has 1 N–H and O–H groups in total. The van der Waals surface area contributed by atoms with Crippen LogP contribution in [0.4, 0.5) is 0 Å². The number of thioether (sulfide) groups is 2. The highest BCUT2D eigenvalue weighted by Crippen LogP contribution is 2.42. The van der Waals surface area contributed by atoms with Gasteiger partial charge in [-0.3, -0.25) is 0 Å². The standard InChI is InChI=1S/C17H27NOS2/c1-5-10-19-15-9-7-6-8-14(15)17(18-4)16-11-20-12(2)13(3)21-16/h6-9,12-13,16-18H,5,10-11H2,1-4H3. The number of benzene rings is 1. The maximum absolute atomic E-state index is 5.95. The summed E-state index contributed by atoms with van der Waals surface area (Å²) >= 11 is 4.21. The molecule has 2 rings (SSSR count). The molecule has 4 unspecified atom stereocenters. The Bertz CT molecular complexity index is 441. The minimum atomic E-state index is 0.352. The van der Waals surface area contributed by atoms with Gasteiger partial charge < -0.3 is 10.1 Å². The second-order valence-corrected chi connectivity index (χ2v) is 8.60. The van der Waals surface area contributed by atoms with Gasteiger partial charge in [-0.05, 0) is 19.5 Å². The summed E-state index contributed by atoms with van der Waals surface area (Å²) in [4.78, 5) is 0. The molecule has 4 heteroatoms. The van der Waals surface area contributed by atoms with Gasteiger partial charge >= 0.3 is 0 Å². The van der Waals surface area contributed by atoms with Crippen LogP contribution >= 0.6 is 23.5 Å². The van der Waals surface area contributed by atoms with E-state index in [1.54, 1.807) is 0 Å². The molecule has 1 aliphatic heterocycles. The molecular weight excluding hydrogens is 298 g/mol. The highest BCUT2D eigenvalue weighted by molar-refractivity contribution is 8.07. The van der Waals surface area contributed by atoms with E-state index in [-0.39, 0.29) is 0 Å². The predicted octanol–water partition coefficient (Wildman–Crippen LogP) is 4.36. The summed E-state index contributed by atoms with van der Waals surface area (Å²) in [6.07, 6.45) is 1.04. The molecule has 2 nitrogen and oxygen atoms in total. The Morgan fingerprint density at radius 1 is 1.29 bits per heavy atom. The molecule has 0 aliphatic carbocycles. The van der Waals surface area contributed by atoms with E-state index in [1.807, 2.05) is 0 Å². The molecule has 1 aromatic rings. The van der Waals surface area contributed by atoms with Gasteiger partial charge in [0.1, 0.15) is 5.75 Å². The lowest BCUT2D eigenvalue weighted by atomic mass is 10.0. The maximum atomic E-state index is 5.95. The van der Waals surface area contributed by atoms with Crippen LogP contribution in [0, 0.1) is 0 Å². The van der Waals surface area contributed by atoms with Gasteiger partial charge in [-0.2, -0.15) is 23.5 Å². The Morgan fingerprint density at radius 3 is 2.71 bits per heavy atom. The van der Waals surface area contributed by atoms with Crippen LogP contribution in [0.5, 0.6) is 5.75 Å². The van der Waals surface area contributed by atoms with Crippen molar-refractivity contribution in [3.8, 4) is 5.75 Å². The van der Waals surface area contributed by atoms with Gasteiger partial charge in [-0.25, -0.2) is 0 Å². The summed E-state index contributed by atoms with van der Waals surface area (Å²) in [6.45, 7) is 7.62. The minimum Gasteiger partial charge on any atom is -0.493 e. The van der Waals surface area contributed by atoms with Crippen molar-refractivity contribution in [2.75, 3.05) is 19.4 Å². The van der Waals surface area contributed by atoms with E-state index in [0.29, 0.717) is 16.5 Å². The fourth-order valence-corrected chi connectivity index (χ4v) is 5.75. The van der Waals surface area contributed by atoms with Gasteiger partial charge in [0.15, 0.2) is 0 Å². The first-order valence-electron chi connectivity index (χ1n) is 7.83. The fourth-order valence-electron chi connectivity index (χ4n) is 2.61. The first-order chi connectivity index (χ1) is 10.2.